The zero-order valence-electron chi connectivity index (χ0n) is 11.3. The molecule has 4 heteroatoms. The molecule has 20 heavy (non-hydrogen) atoms. The Kier molecular flexibility index (Phi) is 5.00. The Hall–Kier alpha value is -2.49. The predicted molar refractivity (Wildman–Crippen MR) is 77.8 cm³/mol. The molecule has 0 spiro atoms. The van der Waals surface area contributed by atoms with Crippen molar-refractivity contribution >= 4 is 6.21 Å². The van der Waals surface area contributed by atoms with Crippen molar-refractivity contribution in [1.29, 1.82) is 0 Å². The minimum absolute atomic E-state index is 0.481. The maximum atomic E-state index is 8.46. The van der Waals surface area contributed by atoms with Gasteiger partial charge in [0, 0.05) is 12.6 Å². The van der Waals surface area contributed by atoms with E-state index in [0.29, 0.717) is 24.5 Å². The van der Waals surface area contributed by atoms with E-state index < -0.39 is 0 Å². The summed E-state index contributed by atoms with van der Waals surface area (Å²) in [4.78, 5) is 0. The lowest BCUT2D eigenvalue weighted by Crippen LogP contribution is -1.99. The number of oxime groups is 1. The van der Waals surface area contributed by atoms with Crippen molar-refractivity contribution in [3.05, 3.63) is 59.7 Å². The molecule has 0 saturated carbocycles. The highest BCUT2D eigenvalue weighted by molar-refractivity contribution is 5.61. The summed E-state index contributed by atoms with van der Waals surface area (Å²) >= 11 is 0. The molecular formula is C16H17NO3. The van der Waals surface area contributed by atoms with E-state index in [9.17, 15) is 0 Å². The van der Waals surface area contributed by atoms with Crippen LogP contribution in [0.15, 0.2) is 53.7 Å². The Bertz CT molecular complexity index is 567. The Balaban J connectivity index is 2.11. The Morgan fingerprint density at radius 2 is 1.85 bits per heavy atom. The van der Waals surface area contributed by atoms with Crippen molar-refractivity contribution in [3.8, 4) is 11.5 Å². The van der Waals surface area contributed by atoms with Gasteiger partial charge in [-0.1, -0.05) is 36.4 Å². The number of hydrogen-bond donors (Lipinski definition) is 1. The normalized spacial score (nSPS) is 10.7. The molecule has 1 N–H and O–H groups in total. The van der Waals surface area contributed by atoms with Gasteiger partial charge < -0.3 is 14.7 Å². The van der Waals surface area contributed by atoms with Crippen LogP contribution in [0.3, 0.4) is 0 Å². The van der Waals surface area contributed by atoms with Gasteiger partial charge >= 0.3 is 0 Å². The first kappa shape index (κ1) is 13.9. The minimum Gasteiger partial charge on any atom is -0.493 e. The summed E-state index contributed by atoms with van der Waals surface area (Å²) in [6.45, 7) is 0.481. The summed E-state index contributed by atoms with van der Waals surface area (Å²) in [6.07, 6.45) is 1.98. The van der Waals surface area contributed by atoms with E-state index in [1.807, 2.05) is 48.5 Å². The predicted octanol–water partition coefficient (Wildman–Crippen LogP) is 3.28. The molecule has 0 unspecified atom stereocenters. The number of nitrogens with zero attached hydrogens (tertiary/aromatic N) is 1. The van der Waals surface area contributed by atoms with E-state index in [2.05, 4.69) is 5.16 Å². The summed E-state index contributed by atoms with van der Waals surface area (Å²) in [5.74, 6) is 1.37. The van der Waals surface area contributed by atoms with Gasteiger partial charge in [0.1, 0.15) is 6.61 Å². The fraction of sp³-hybridized carbons (Fsp3) is 0.188. The Morgan fingerprint density at radius 3 is 2.55 bits per heavy atom. The molecule has 0 bridgehead atoms. The molecule has 104 valence electrons. The van der Waals surface area contributed by atoms with Crippen LogP contribution < -0.4 is 9.47 Å². The molecule has 2 aromatic carbocycles. The maximum Gasteiger partial charge on any atom is 0.161 e. The van der Waals surface area contributed by atoms with Gasteiger partial charge in [0.2, 0.25) is 0 Å². The quantitative estimate of drug-likeness (QED) is 0.498. The zero-order valence-corrected chi connectivity index (χ0v) is 11.3. The second kappa shape index (κ2) is 7.19. The first-order valence-corrected chi connectivity index (χ1v) is 6.33. The van der Waals surface area contributed by atoms with Gasteiger partial charge in [0.05, 0.1) is 7.11 Å². The topological polar surface area (TPSA) is 51.0 Å². The number of ether oxygens (including phenoxy) is 2. The Morgan fingerprint density at radius 1 is 1.05 bits per heavy atom. The van der Waals surface area contributed by atoms with Crippen molar-refractivity contribution in [2.75, 3.05) is 7.11 Å². The molecule has 0 aliphatic carbocycles. The third kappa shape index (κ3) is 3.75. The number of benzene rings is 2. The van der Waals surface area contributed by atoms with Crippen LogP contribution in [0.4, 0.5) is 0 Å². The fourth-order valence-electron chi connectivity index (χ4n) is 1.84. The number of rotatable bonds is 6. The van der Waals surface area contributed by atoms with Gasteiger partial charge in [-0.2, -0.15) is 0 Å². The van der Waals surface area contributed by atoms with Crippen molar-refractivity contribution in [2.45, 2.75) is 13.0 Å². The molecule has 0 aromatic heterocycles. The lowest BCUT2D eigenvalue weighted by Gasteiger charge is -2.12. The molecule has 0 radical (unpaired) electrons. The van der Waals surface area contributed by atoms with Crippen molar-refractivity contribution in [3.63, 3.8) is 0 Å². The largest absolute Gasteiger partial charge is 0.493 e. The van der Waals surface area contributed by atoms with Crippen LogP contribution in [-0.4, -0.2) is 18.5 Å². The van der Waals surface area contributed by atoms with E-state index in [4.69, 9.17) is 14.7 Å². The molecule has 0 heterocycles. The highest BCUT2D eigenvalue weighted by Crippen LogP contribution is 2.28. The van der Waals surface area contributed by atoms with Crippen molar-refractivity contribution in [2.24, 2.45) is 5.16 Å². The van der Waals surface area contributed by atoms with E-state index in [1.165, 1.54) is 6.21 Å². The van der Waals surface area contributed by atoms with Gasteiger partial charge in [-0.15, -0.1) is 5.16 Å². The van der Waals surface area contributed by atoms with Crippen LogP contribution in [0.25, 0.3) is 0 Å². The molecule has 0 aliphatic rings. The van der Waals surface area contributed by atoms with Gasteiger partial charge in [0.15, 0.2) is 11.5 Å². The highest BCUT2D eigenvalue weighted by atomic mass is 16.5. The fourth-order valence-corrected chi connectivity index (χ4v) is 1.84. The van der Waals surface area contributed by atoms with E-state index in [-0.39, 0.29) is 0 Å². The lowest BCUT2D eigenvalue weighted by atomic mass is 10.1. The van der Waals surface area contributed by atoms with Gasteiger partial charge in [-0.25, -0.2) is 0 Å². The molecule has 0 fully saturated rings. The van der Waals surface area contributed by atoms with Crippen molar-refractivity contribution < 1.29 is 14.7 Å². The number of methoxy groups -OCH3 is 1. The summed E-state index contributed by atoms with van der Waals surface area (Å²) in [7, 11) is 1.61. The summed E-state index contributed by atoms with van der Waals surface area (Å²) < 4.78 is 11.1. The second-order valence-electron chi connectivity index (χ2n) is 4.26. The average molecular weight is 271 g/mol. The number of hydrogen-bond acceptors (Lipinski definition) is 4. The molecule has 4 nitrogen and oxygen atoms in total. The molecule has 0 saturated heterocycles. The van der Waals surface area contributed by atoms with Crippen molar-refractivity contribution in [1.82, 2.24) is 0 Å². The van der Waals surface area contributed by atoms with Crippen LogP contribution >= 0.6 is 0 Å². The second-order valence-corrected chi connectivity index (χ2v) is 4.26. The molecule has 0 aliphatic heterocycles. The molecule has 2 aromatic rings. The van der Waals surface area contributed by atoms with Gasteiger partial charge in [0.25, 0.3) is 0 Å². The lowest BCUT2D eigenvalue weighted by molar-refractivity contribution is 0.284. The molecular weight excluding hydrogens is 254 g/mol. The summed E-state index contributed by atoms with van der Waals surface area (Å²) in [6, 6.07) is 15.6. The zero-order chi connectivity index (χ0) is 14.2. The van der Waals surface area contributed by atoms with Crippen LogP contribution in [-0.2, 0) is 13.0 Å². The maximum absolute atomic E-state index is 8.46. The smallest absolute Gasteiger partial charge is 0.161 e. The minimum atomic E-state index is 0.481. The van der Waals surface area contributed by atoms with E-state index >= 15 is 0 Å². The van der Waals surface area contributed by atoms with Crippen LogP contribution in [0.1, 0.15) is 11.1 Å². The Labute approximate surface area is 118 Å². The highest BCUT2D eigenvalue weighted by Gasteiger charge is 2.06. The van der Waals surface area contributed by atoms with Gasteiger partial charge in [-0.05, 0) is 23.3 Å². The third-order valence-corrected chi connectivity index (χ3v) is 2.87. The van der Waals surface area contributed by atoms with Crippen LogP contribution in [0.2, 0.25) is 0 Å². The van der Waals surface area contributed by atoms with Crippen LogP contribution in [0.5, 0.6) is 11.5 Å². The first-order valence-electron chi connectivity index (χ1n) is 6.33. The first-order chi connectivity index (χ1) is 9.83. The monoisotopic (exact) mass is 271 g/mol. The standard InChI is InChI=1S/C16H17NO3/c1-19-15-8-7-13(9-10-17-18)11-16(15)20-12-14-5-3-2-4-6-14/h2-8,10-11,18H,9,12H2,1H3/b17-10+. The van der Waals surface area contributed by atoms with E-state index in [1.54, 1.807) is 7.11 Å². The molecule has 2 rings (SSSR count). The van der Waals surface area contributed by atoms with E-state index in [0.717, 1.165) is 11.1 Å². The molecule has 0 atom stereocenters. The molecule has 0 amide bonds. The third-order valence-electron chi connectivity index (χ3n) is 2.87. The van der Waals surface area contributed by atoms with Gasteiger partial charge in [-0.3, -0.25) is 0 Å². The summed E-state index contributed by atoms with van der Waals surface area (Å²) in [5.41, 5.74) is 2.09. The SMILES string of the molecule is COc1ccc(C/C=N/O)cc1OCc1ccccc1. The average Bonchev–Trinajstić information content (AvgIpc) is 2.52. The summed E-state index contributed by atoms with van der Waals surface area (Å²) in [5, 5.41) is 11.5. The van der Waals surface area contributed by atoms with Crippen LogP contribution in [0, 0.1) is 0 Å².